The molecule has 2 unspecified atom stereocenters. The number of hydrogen-bond acceptors (Lipinski definition) is 3. The van der Waals surface area contributed by atoms with Crippen LogP contribution in [-0.4, -0.2) is 17.0 Å². The largest absolute Gasteiger partial charge is 0.481 e. The van der Waals surface area contributed by atoms with Crippen LogP contribution < -0.4 is 0 Å². The number of ether oxygens (including phenoxy) is 1. The van der Waals surface area contributed by atoms with Crippen molar-refractivity contribution in [2.45, 2.75) is 13.0 Å². The van der Waals surface area contributed by atoms with Crippen molar-refractivity contribution in [3.8, 4) is 0 Å². The van der Waals surface area contributed by atoms with Gasteiger partial charge in [0.2, 0.25) is 0 Å². The molecule has 1 saturated carbocycles. The highest BCUT2D eigenvalue weighted by Gasteiger charge is 2.49. The number of carboxylic acids is 1. The molecule has 0 aliphatic heterocycles. The average molecular weight is 220 g/mol. The van der Waals surface area contributed by atoms with E-state index in [2.05, 4.69) is 0 Å². The first-order valence-corrected chi connectivity index (χ1v) is 5.12. The SMILES string of the molecule is O=C(O)C1CC1C(=O)OCc1ccccc1. The smallest absolute Gasteiger partial charge is 0.310 e. The summed E-state index contributed by atoms with van der Waals surface area (Å²) in [6, 6.07) is 9.32. The number of carbonyl (C=O) groups excluding carboxylic acids is 1. The van der Waals surface area contributed by atoms with E-state index in [-0.39, 0.29) is 6.61 Å². The van der Waals surface area contributed by atoms with Crippen molar-refractivity contribution in [3.05, 3.63) is 35.9 Å². The number of carbonyl (C=O) groups is 2. The first kappa shape index (κ1) is 10.7. The molecule has 0 radical (unpaired) electrons. The lowest BCUT2D eigenvalue weighted by atomic mass is 10.2. The predicted molar refractivity (Wildman–Crippen MR) is 55.5 cm³/mol. The summed E-state index contributed by atoms with van der Waals surface area (Å²) < 4.78 is 5.03. The molecule has 0 aromatic heterocycles. The normalized spacial score (nSPS) is 22.5. The second kappa shape index (κ2) is 4.35. The molecule has 16 heavy (non-hydrogen) atoms. The molecule has 2 atom stereocenters. The Labute approximate surface area is 92.8 Å². The maximum absolute atomic E-state index is 11.4. The monoisotopic (exact) mass is 220 g/mol. The fraction of sp³-hybridized carbons (Fsp3) is 0.333. The quantitative estimate of drug-likeness (QED) is 0.780. The summed E-state index contributed by atoms with van der Waals surface area (Å²) in [6.07, 6.45) is 0.406. The lowest BCUT2D eigenvalue weighted by Gasteiger charge is -2.03. The number of esters is 1. The van der Waals surface area contributed by atoms with Crippen molar-refractivity contribution in [1.29, 1.82) is 0 Å². The van der Waals surface area contributed by atoms with Gasteiger partial charge < -0.3 is 9.84 Å². The lowest BCUT2D eigenvalue weighted by molar-refractivity contribution is -0.149. The van der Waals surface area contributed by atoms with Gasteiger partial charge in [-0.15, -0.1) is 0 Å². The summed E-state index contributed by atoms with van der Waals surface area (Å²) in [5.74, 6) is -2.30. The molecule has 0 spiro atoms. The molecule has 1 aliphatic carbocycles. The topological polar surface area (TPSA) is 63.6 Å². The van der Waals surface area contributed by atoms with Gasteiger partial charge in [0.05, 0.1) is 11.8 Å². The van der Waals surface area contributed by atoms with E-state index in [1.807, 2.05) is 30.3 Å². The third kappa shape index (κ3) is 2.39. The van der Waals surface area contributed by atoms with Gasteiger partial charge in [-0.1, -0.05) is 30.3 Å². The standard InChI is InChI=1S/C12H12O4/c13-11(14)9-6-10(9)12(15)16-7-8-4-2-1-3-5-8/h1-5,9-10H,6-7H2,(H,13,14). The minimum Gasteiger partial charge on any atom is -0.481 e. The summed E-state index contributed by atoms with van der Waals surface area (Å²) in [4.78, 5) is 22.0. The van der Waals surface area contributed by atoms with E-state index in [0.29, 0.717) is 6.42 Å². The second-order valence-electron chi connectivity index (χ2n) is 3.88. The molecule has 84 valence electrons. The fourth-order valence-electron chi connectivity index (χ4n) is 1.56. The van der Waals surface area contributed by atoms with E-state index in [0.717, 1.165) is 5.56 Å². The fourth-order valence-corrected chi connectivity index (χ4v) is 1.56. The average Bonchev–Trinajstić information content (AvgIpc) is 3.07. The summed E-state index contributed by atoms with van der Waals surface area (Å²) in [5.41, 5.74) is 0.906. The minimum absolute atomic E-state index is 0.211. The zero-order chi connectivity index (χ0) is 11.5. The Bertz CT molecular complexity index is 399. The van der Waals surface area contributed by atoms with Crippen LogP contribution in [0.3, 0.4) is 0 Å². The van der Waals surface area contributed by atoms with Crippen LogP contribution in [0.2, 0.25) is 0 Å². The van der Waals surface area contributed by atoms with Gasteiger partial charge in [-0.3, -0.25) is 9.59 Å². The van der Waals surface area contributed by atoms with E-state index >= 15 is 0 Å². The summed E-state index contributed by atoms with van der Waals surface area (Å²) >= 11 is 0. The number of aliphatic carboxylic acids is 1. The molecule has 2 rings (SSSR count). The molecule has 4 nitrogen and oxygen atoms in total. The van der Waals surface area contributed by atoms with E-state index in [4.69, 9.17) is 9.84 Å². The van der Waals surface area contributed by atoms with E-state index in [1.54, 1.807) is 0 Å². The van der Waals surface area contributed by atoms with E-state index in [1.165, 1.54) is 0 Å². The summed E-state index contributed by atoms with van der Waals surface area (Å²) in [5, 5.41) is 8.65. The Morgan fingerprint density at radius 3 is 2.50 bits per heavy atom. The van der Waals surface area contributed by atoms with Crippen molar-refractivity contribution in [1.82, 2.24) is 0 Å². The number of carboxylic acid groups (broad SMARTS) is 1. The molecular weight excluding hydrogens is 208 g/mol. The van der Waals surface area contributed by atoms with Crippen LogP contribution in [0.15, 0.2) is 30.3 Å². The van der Waals surface area contributed by atoms with Crippen molar-refractivity contribution < 1.29 is 19.4 Å². The van der Waals surface area contributed by atoms with Crippen LogP contribution in [0.25, 0.3) is 0 Å². The minimum atomic E-state index is -0.915. The Hall–Kier alpha value is -1.84. The van der Waals surface area contributed by atoms with Crippen molar-refractivity contribution in [2.75, 3.05) is 0 Å². The Balaban J connectivity index is 1.80. The lowest BCUT2D eigenvalue weighted by Crippen LogP contribution is -2.11. The Morgan fingerprint density at radius 2 is 1.94 bits per heavy atom. The van der Waals surface area contributed by atoms with Crippen molar-refractivity contribution >= 4 is 11.9 Å². The van der Waals surface area contributed by atoms with Gasteiger partial charge in [0.15, 0.2) is 0 Å². The molecule has 4 heteroatoms. The van der Waals surface area contributed by atoms with E-state index in [9.17, 15) is 9.59 Å². The molecule has 0 bridgehead atoms. The van der Waals surface area contributed by atoms with Gasteiger partial charge in [-0.05, 0) is 12.0 Å². The van der Waals surface area contributed by atoms with Crippen LogP contribution in [0, 0.1) is 11.8 Å². The number of benzene rings is 1. The van der Waals surface area contributed by atoms with Crippen LogP contribution in [0.4, 0.5) is 0 Å². The zero-order valence-electron chi connectivity index (χ0n) is 8.63. The Morgan fingerprint density at radius 1 is 1.25 bits per heavy atom. The zero-order valence-corrected chi connectivity index (χ0v) is 8.63. The highest BCUT2D eigenvalue weighted by Crippen LogP contribution is 2.39. The van der Waals surface area contributed by atoms with Gasteiger partial charge >= 0.3 is 11.9 Å². The molecule has 0 heterocycles. The van der Waals surface area contributed by atoms with Gasteiger partial charge in [0.1, 0.15) is 6.61 Å². The summed E-state index contributed by atoms with van der Waals surface area (Å²) in [6.45, 7) is 0.211. The second-order valence-corrected chi connectivity index (χ2v) is 3.88. The molecule has 0 saturated heterocycles. The van der Waals surface area contributed by atoms with Crippen LogP contribution in [0.5, 0.6) is 0 Å². The van der Waals surface area contributed by atoms with Crippen LogP contribution in [0.1, 0.15) is 12.0 Å². The van der Waals surface area contributed by atoms with Gasteiger partial charge in [-0.25, -0.2) is 0 Å². The third-order valence-electron chi connectivity index (χ3n) is 2.63. The molecule has 1 aliphatic rings. The van der Waals surface area contributed by atoms with Crippen LogP contribution >= 0.6 is 0 Å². The van der Waals surface area contributed by atoms with Crippen LogP contribution in [-0.2, 0) is 20.9 Å². The van der Waals surface area contributed by atoms with E-state index < -0.39 is 23.8 Å². The maximum atomic E-state index is 11.4. The molecule has 1 fully saturated rings. The molecular formula is C12H12O4. The Kier molecular flexibility index (Phi) is 2.90. The number of hydrogen-bond donors (Lipinski definition) is 1. The highest BCUT2D eigenvalue weighted by molar-refractivity contribution is 5.86. The van der Waals surface area contributed by atoms with Crippen molar-refractivity contribution in [2.24, 2.45) is 11.8 Å². The number of rotatable bonds is 4. The summed E-state index contributed by atoms with van der Waals surface area (Å²) in [7, 11) is 0. The first-order valence-electron chi connectivity index (χ1n) is 5.12. The predicted octanol–water partition coefficient (Wildman–Crippen LogP) is 1.45. The first-order chi connectivity index (χ1) is 7.68. The molecule has 1 N–H and O–H groups in total. The molecule has 1 aromatic rings. The maximum Gasteiger partial charge on any atom is 0.310 e. The molecule has 1 aromatic carbocycles. The van der Waals surface area contributed by atoms with Gasteiger partial charge in [0, 0.05) is 0 Å². The third-order valence-corrected chi connectivity index (χ3v) is 2.63. The van der Waals surface area contributed by atoms with Crippen molar-refractivity contribution in [3.63, 3.8) is 0 Å². The van der Waals surface area contributed by atoms with Gasteiger partial charge in [0.25, 0.3) is 0 Å². The highest BCUT2D eigenvalue weighted by atomic mass is 16.5. The van der Waals surface area contributed by atoms with Gasteiger partial charge in [-0.2, -0.15) is 0 Å². The molecule has 0 amide bonds.